The summed E-state index contributed by atoms with van der Waals surface area (Å²) < 4.78 is 0. The van der Waals surface area contributed by atoms with Crippen LogP contribution in [0.4, 0.5) is 0 Å². The number of hydrazine groups is 1. The predicted octanol–water partition coefficient (Wildman–Crippen LogP) is 5.38. The average molecular weight is 596 g/mol. The summed E-state index contributed by atoms with van der Waals surface area (Å²) in [7, 11) is 3.43. The number of piperidine rings is 1. The first-order valence-corrected chi connectivity index (χ1v) is 14.3. The lowest BCUT2D eigenvalue weighted by Gasteiger charge is -2.50. The van der Waals surface area contributed by atoms with Crippen molar-refractivity contribution in [1.29, 1.82) is 0 Å². The second-order valence-electron chi connectivity index (χ2n) is 10.5. The third-order valence-electron chi connectivity index (χ3n) is 7.61. The quantitative estimate of drug-likeness (QED) is 0.371. The molecule has 10 heteroatoms. The highest BCUT2D eigenvalue weighted by molar-refractivity contribution is 6.30. The number of amides is 3. The van der Waals surface area contributed by atoms with Gasteiger partial charge in [-0.05, 0) is 66.3 Å². The van der Waals surface area contributed by atoms with Crippen LogP contribution in [0.3, 0.4) is 0 Å². The van der Waals surface area contributed by atoms with Gasteiger partial charge in [0.15, 0.2) is 0 Å². The SMILES string of the molecule is CN(C)C(=O)C1CCCCN1N1C(=O)c2ccccc2C(C(=O)NOCc2ccc(Cl)cc2)C1c1ccc(Cl)cc1. The van der Waals surface area contributed by atoms with Gasteiger partial charge in [0.2, 0.25) is 5.91 Å². The molecule has 3 aromatic carbocycles. The summed E-state index contributed by atoms with van der Waals surface area (Å²) in [6.07, 6.45) is 2.29. The molecule has 3 amide bonds. The molecule has 1 fully saturated rings. The topological polar surface area (TPSA) is 82.2 Å². The van der Waals surface area contributed by atoms with E-state index in [1.165, 1.54) is 0 Å². The third kappa shape index (κ3) is 6.11. The second-order valence-corrected chi connectivity index (χ2v) is 11.4. The number of benzene rings is 3. The Morgan fingerprint density at radius 3 is 2.29 bits per heavy atom. The molecule has 0 radical (unpaired) electrons. The van der Waals surface area contributed by atoms with Gasteiger partial charge in [0.25, 0.3) is 11.8 Å². The van der Waals surface area contributed by atoms with Gasteiger partial charge in [-0.15, -0.1) is 0 Å². The van der Waals surface area contributed by atoms with Crippen molar-refractivity contribution >= 4 is 40.9 Å². The number of hydroxylamine groups is 1. The van der Waals surface area contributed by atoms with E-state index in [0.717, 1.165) is 24.0 Å². The number of carbonyl (C=O) groups is 3. The standard InChI is InChI=1S/C31H32Cl2N4O4/c1-35(2)31(40)26-9-5-6-18-36(26)37-28(21-12-16-23(33)17-13-21)27(24-7-3-4-8-25(24)30(37)39)29(38)34-41-19-20-10-14-22(32)15-11-20/h3-4,7-8,10-17,26-28H,5-6,9,18-19H2,1-2H3,(H,34,38). The Kier molecular flexibility index (Phi) is 8.94. The fourth-order valence-electron chi connectivity index (χ4n) is 5.64. The van der Waals surface area contributed by atoms with E-state index < -0.39 is 23.9 Å². The van der Waals surface area contributed by atoms with E-state index in [1.807, 2.05) is 35.3 Å². The lowest BCUT2D eigenvalue weighted by molar-refractivity contribution is -0.152. The third-order valence-corrected chi connectivity index (χ3v) is 8.11. The number of halogens is 2. The number of hydrogen-bond donors (Lipinski definition) is 1. The van der Waals surface area contributed by atoms with Crippen molar-refractivity contribution in [2.24, 2.45) is 0 Å². The van der Waals surface area contributed by atoms with Crippen LogP contribution in [-0.2, 0) is 21.0 Å². The molecular formula is C31H32Cl2N4O4. The van der Waals surface area contributed by atoms with E-state index in [4.69, 9.17) is 28.0 Å². The van der Waals surface area contributed by atoms with Gasteiger partial charge in [0.05, 0.1) is 18.6 Å². The molecule has 2 heterocycles. The van der Waals surface area contributed by atoms with Crippen LogP contribution < -0.4 is 5.48 Å². The molecule has 214 valence electrons. The van der Waals surface area contributed by atoms with Crippen LogP contribution in [0, 0.1) is 0 Å². The molecular weight excluding hydrogens is 563 g/mol. The minimum atomic E-state index is -0.827. The first kappa shape index (κ1) is 29.1. The van der Waals surface area contributed by atoms with Crippen molar-refractivity contribution in [3.05, 3.63) is 105 Å². The highest BCUT2D eigenvalue weighted by Gasteiger charge is 2.49. The molecule has 8 nitrogen and oxygen atoms in total. The van der Waals surface area contributed by atoms with Crippen LogP contribution in [0.5, 0.6) is 0 Å². The van der Waals surface area contributed by atoms with E-state index in [-0.39, 0.29) is 18.4 Å². The number of nitrogens with zero attached hydrogens (tertiary/aromatic N) is 3. The Hall–Kier alpha value is -3.43. The summed E-state index contributed by atoms with van der Waals surface area (Å²) in [5, 5.41) is 4.63. The van der Waals surface area contributed by atoms with Crippen molar-refractivity contribution < 1.29 is 19.2 Å². The Bertz CT molecular complexity index is 1410. The van der Waals surface area contributed by atoms with Crippen LogP contribution >= 0.6 is 23.2 Å². The van der Waals surface area contributed by atoms with Crippen molar-refractivity contribution in [1.82, 2.24) is 20.4 Å². The highest BCUT2D eigenvalue weighted by Crippen LogP contribution is 2.45. The molecule has 3 unspecified atom stereocenters. The zero-order valence-corrected chi connectivity index (χ0v) is 24.4. The number of hydrogen-bond acceptors (Lipinski definition) is 5. The van der Waals surface area contributed by atoms with Gasteiger partial charge in [0.1, 0.15) is 6.04 Å². The lowest BCUT2D eigenvalue weighted by Crippen LogP contribution is -2.62. The molecule has 41 heavy (non-hydrogen) atoms. The maximum atomic E-state index is 14.3. The zero-order chi connectivity index (χ0) is 29.1. The molecule has 0 saturated carbocycles. The van der Waals surface area contributed by atoms with Gasteiger partial charge in [-0.3, -0.25) is 24.2 Å². The number of fused-ring (bicyclic) bond motifs is 1. The Labute approximate surface area is 249 Å². The lowest BCUT2D eigenvalue weighted by atomic mass is 9.80. The van der Waals surface area contributed by atoms with Gasteiger partial charge in [0, 0.05) is 36.2 Å². The molecule has 3 atom stereocenters. The van der Waals surface area contributed by atoms with Crippen LogP contribution in [0.15, 0.2) is 72.8 Å². The van der Waals surface area contributed by atoms with E-state index in [2.05, 4.69) is 5.48 Å². The first-order chi connectivity index (χ1) is 19.8. The Morgan fingerprint density at radius 2 is 1.61 bits per heavy atom. The highest BCUT2D eigenvalue weighted by atomic mass is 35.5. The van der Waals surface area contributed by atoms with Crippen molar-refractivity contribution in [2.75, 3.05) is 20.6 Å². The fraction of sp³-hybridized carbons (Fsp3) is 0.323. The molecule has 0 aromatic heterocycles. The Balaban J connectivity index is 1.56. The molecule has 0 aliphatic carbocycles. The molecule has 3 aromatic rings. The van der Waals surface area contributed by atoms with E-state index >= 15 is 0 Å². The number of carbonyl (C=O) groups excluding carboxylic acids is 3. The largest absolute Gasteiger partial charge is 0.347 e. The number of nitrogens with one attached hydrogen (secondary N) is 1. The minimum Gasteiger partial charge on any atom is -0.347 e. The fourth-order valence-corrected chi connectivity index (χ4v) is 5.89. The number of rotatable bonds is 7. The van der Waals surface area contributed by atoms with Crippen LogP contribution in [0.2, 0.25) is 10.0 Å². The van der Waals surface area contributed by atoms with E-state index in [1.54, 1.807) is 66.5 Å². The summed E-state index contributed by atoms with van der Waals surface area (Å²) >= 11 is 12.2. The summed E-state index contributed by atoms with van der Waals surface area (Å²) in [6.45, 7) is 0.640. The Morgan fingerprint density at radius 1 is 0.951 bits per heavy atom. The molecule has 5 rings (SSSR count). The summed E-state index contributed by atoms with van der Waals surface area (Å²) in [5.74, 6) is -1.58. The number of likely N-dealkylation sites (N-methyl/N-ethyl adjacent to an activating group) is 1. The second kappa shape index (κ2) is 12.6. The van der Waals surface area contributed by atoms with Gasteiger partial charge in [-0.25, -0.2) is 10.5 Å². The maximum Gasteiger partial charge on any atom is 0.269 e. The minimum absolute atomic E-state index is 0.0847. The average Bonchev–Trinajstić information content (AvgIpc) is 2.98. The van der Waals surface area contributed by atoms with Gasteiger partial charge in [-0.1, -0.05) is 65.7 Å². The smallest absolute Gasteiger partial charge is 0.269 e. The molecule has 1 saturated heterocycles. The summed E-state index contributed by atoms with van der Waals surface area (Å²) in [6, 6.07) is 20.1. The molecule has 1 N–H and O–H groups in total. The van der Waals surface area contributed by atoms with Crippen molar-refractivity contribution in [3.63, 3.8) is 0 Å². The monoisotopic (exact) mass is 594 g/mol. The molecule has 0 bridgehead atoms. The molecule has 0 spiro atoms. The summed E-state index contributed by atoms with van der Waals surface area (Å²) in [4.78, 5) is 48.8. The van der Waals surface area contributed by atoms with Gasteiger partial charge in [-0.2, -0.15) is 0 Å². The van der Waals surface area contributed by atoms with Gasteiger partial charge < -0.3 is 4.90 Å². The summed E-state index contributed by atoms with van der Waals surface area (Å²) in [5.41, 5.74) is 5.19. The predicted molar refractivity (Wildman–Crippen MR) is 157 cm³/mol. The van der Waals surface area contributed by atoms with Crippen LogP contribution in [-0.4, -0.2) is 59.3 Å². The van der Waals surface area contributed by atoms with E-state index in [0.29, 0.717) is 34.1 Å². The normalized spacial score (nSPS) is 20.8. The van der Waals surface area contributed by atoms with Crippen LogP contribution in [0.25, 0.3) is 0 Å². The van der Waals surface area contributed by atoms with Gasteiger partial charge >= 0.3 is 0 Å². The van der Waals surface area contributed by atoms with Crippen LogP contribution in [0.1, 0.15) is 58.3 Å². The zero-order valence-electron chi connectivity index (χ0n) is 22.9. The first-order valence-electron chi connectivity index (χ1n) is 13.6. The van der Waals surface area contributed by atoms with E-state index in [9.17, 15) is 14.4 Å². The van der Waals surface area contributed by atoms with Crippen molar-refractivity contribution in [2.45, 2.75) is 43.9 Å². The molecule has 2 aliphatic rings. The van der Waals surface area contributed by atoms with Crippen molar-refractivity contribution in [3.8, 4) is 0 Å². The maximum absolute atomic E-state index is 14.3. The molecule has 2 aliphatic heterocycles.